The number of phenols is 2. The number of hydrazone groups is 1. The van der Waals surface area contributed by atoms with Crippen molar-refractivity contribution in [2.24, 2.45) is 5.10 Å². The molecule has 1 heterocycles. The molecule has 3 N–H and O–H groups in total. The van der Waals surface area contributed by atoms with Gasteiger partial charge in [0, 0.05) is 28.6 Å². The Labute approximate surface area is 152 Å². The predicted octanol–water partition coefficient (Wildman–Crippen LogP) is 3.97. The molecular weight excluding hydrogens is 356 g/mol. The molecule has 0 unspecified atom stereocenters. The summed E-state index contributed by atoms with van der Waals surface area (Å²) in [6, 6.07) is 10.3. The van der Waals surface area contributed by atoms with Gasteiger partial charge in [-0.2, -0.15) is 5.10 Å². The highest BCUT2D eigenvalue weighted by molar-refractivity contribution is 7.14. The van der Waals surface area contributed by atoms with Crippen molar-refractivity contribution in [1.82, 2.24) is 4.98 Å². The number of hydrogen-bond acceptors (Lipinski definition) is 8. The van der Waals surface area contributed by atoms with E-state index >= 15 is 0 Å². The van der Waals surface area contributed by atoms with Crippen molar-refractivity contribution >= 4 is 27.9 Å². The smallest absolute Gasteiger partial charge is 0.269 e. The van der Waals surface area contributed by atoms with Crippen LogP contribution in [-0.4, -0.2) is 25.8 Å². The Morgan fingerprint density at radius 1 is 1.23 bits per heavy atom. The number of phenolic OH excluding ortho intramolecular Hbond substituents is 2. The van der Waals surface area contributed by atoms with Crippen LogP contribution >= 0.6 is 11.3 Å². The summed E-state index contributed by atoms with van der Waals surface area (Å²) in [5, 5.41) is 36.5. The predicted molar refractivity (Wildman–Crippen MR) is 99.8 cm³/mol. The number of thiazole rings is 1. The number of nitro groups is 1. The molecule has 0 aliphatic carbocycles. The maximum absolute atomic E-state index is 10.7. The lowest BCUT2D eigenvalue weighted by Gasteiger charge is -2.04. The highest BCUT2D eigenvalue weighted by atomic mass is 32.1. The van der Waals surface area contributed by atoms with Gasteiger partial charge in [0.05, 0.1) is 16.3 Å². The average molecular weight is 370 g/mol. The Bertz CT molecular complexity index is 983. The van der Waals surface area contributed by atoms with Gasteiger partial charge in [-0.15, -0.1) is 11.3 Å². The monoisotopic (exact) mass is 370 g/mol. The van der Waals surface area contributed by atoms with Crippen molar-refractivity contribution in [2.45, 2.75) is 6.92 Å². The lowest BCUT2D eigenvalue weighted by Crippen LogP contribution is -2.00. The Balaban J connectivity index is 1.76. The molecule has 0 spiro atoms. The minimum Gasteiger partial charge on any atom is -0.508 e. The summed E-state index contributed by atoms with van der Waals surface area (Å²) in [5.74, 6) is 0.0404. The van der Waals surface area contributed by atoms with Gasteiger partial charge in [-0.3, -0.25) is 15.5 Å². The van der Waals surface area contributed by atoms with E-state index in [1.807, 2.05) is 0 Å². The number of hydrogen-bond donors (Lipinski definition) is 3. The van der Waals surface area contributed by atoms with E-state index in [2.05, 4.69) is 15.5 Å². The molecule has 0 saturated heterocycles. The molecule has 0 fully saturated rings. The second-order valence-corrected chi connectivity index (χ2v) is 6.21. The molecule has 26 heavy (non-hydrogen) atoms. The largest absolute Gasteiger partial charge is 0.508 e. The maximum Gasteiger partial charge on any atom is 0.269 e. The van der Waals surface area contributed by atoms with E-state index in [0.717, 1.165) is 5.56 Å². The van der Waals surface area contributed by atoms with Gasteiger partial charge in [-0.05, 0) is 37.3 Å². The zero-order chi connectivity index (χ0) is 18.7. The highest BCUT2D eigenvalue weighted by Crippen LogP contribution is 2.27. The van der Waals surface area contributed by atoms with Crippen LogP contribution in [0, 0.1) is 10.1 Å². The average Bonchev–Trinajstić information content (AvgIpc) is 3.11. The van der Waals surface area contributed by atoms with E-state index in [4.69, 9.17) is 0 Å². The molecule has 0 saturated carbocycles. The van der Waals surface area contributed by atoms with E-state index in [9.17, 15) is 20.3 Å². The summed E-state index contributed by atoms with van der Waals surface area (Å²) in [5.41, 5.74) is 5.13. The fourth-order valence-electron chi connectivity index (χ4n) is 2.22. The number of aromatic nitrogens is 1. The maximum atomic E-state index is 10.7. The molecule has 3 aromatic rings. The van der Waals surface area contributed by atoms with Crippen molar-refractivity contribution < 1.29 is 15.1 Å². The molecule has 2 aromatic carbocycles. The summed E-state index contributed by atoms with van der Waals surface area (Å²) >= 11 is 1.32. The van der Waals surface area contributed by atoms with Gasteiger partial charge in [0.25, 0.3) is 5.69 Å². The first-order valence-corrected chi connectivity index (χ1v) is 8.35. The molecule has 9 heteroatoms. The van der Waals surface area contributed by atoms with Crippen LogP contribution in [-0.2, 0) is 0 Å². The highest BCUT2D eigenvalue weighted by Gasteiger charge is 2.09. The van der Waals surface area contributed by atoms with Crippen LogP contribution in [0.2, 0.25) is 0 Å². The Morgan fingerprint density at radius 3 is 2.65 bits per heavy atom. The van der Waals surface area contributed by atoms with Crippen LogP contribution in [0.3, 0.4) is 0 Å². The number of aromatic hydroxyl groups is 2. The standard InChI is InChI=1S/C17H14N4O4S/c1-10(14-8-13(22)6-7-16(14)23)19-20-17-18-15(9-26-17)11-2-4-12(5-3-11)21(24)25/h2-9,22-23H,1H3,(H,18,20)/b19-10+. The van der Waals surface area contributed by atoms with Crippen LogP contribution in [0.25, 0.3) is 11.3 Å². The molecule has 0 amide bonds. The molecule has 132 valence electrons. The van der Waals surface area contributed by atoms with Crippen LogP contribution in [0.15, 0.2) is 52.9 Å². The number of anilines is 1. The fraction of sp³-hybridized carbons (Fsp3) is 0.0588. The number of nitro benzene ring substituents is 1. The first-order chi connectivity index (χ1) is 12.4. The van der Waals surface area contributed by atoms with E-state index < -0.39 is 4.92 Å². The van der Waals surface area contributed by atoms with E-state index in [-0.39, 0.29) is 17.2 Å². The number of nitrogens with one attached hydrogen (secondary N) is 1. The SMILES string of the molecule is C/C(=N\Nc1nc(-c2ccc([N+](=O)[O-])cc2)cs1)c1cc(O)ccc1O. The summed E-state index contributed by atoms with van der Waals surface area (Å²) in [7, 11) is 0. The third-order valence-corrected chi connectivity index (χ3v) is 4.31. The fourth-order valence-corrected chi connectivity index (χ4v) is 2.88. The molecule has 0 aliphatic heterocycles. The zero-order valence-electron chi connectivity index (χ0n) is 13.6. The lowest BCUT2D eigenvalue weighted by atomic mass is 10.1. The lowest BCUT2D eigenvalue weighted by molar-refractivity contribution is -0.384. The van der Waals surface area contributed by atoms with Gasteiger partial charge >= 0.3 is 0 Å². The molecule has 0 bridgehead atoms. The number of benzene rings is 2. The third-order valence-electron chi connectivity index (χ3n) is 3.57. The Kier molecular flexibility index (Phi) is 4.81. The molecule has 0 aliphatic rings. The van der Waals surface area contributed by atoms with Crippen LogP contribution in [0.4, 0.5) is 10.8 Å². The van der Waals surface area contributed by atoms with E-state index in [1.54, 1.807) is 24.4 Å². The third kappa shape index (κ3) is 3.78. The van der Waals surface area contributed by atoms with Crippen LogP contribution in [0.5, 0.6) is 11.5 Å². The van der Waals surface area contributed by atoms with Crippen molar-refractivity contribution in [3.05, 3.63) is 63.5 Å². The Hall–Kier alpha value is -3.46. The summed E-state index contributed by atoms with van der Waals surface area (Å²) in [6.07, 6.45) is 0. The van der Waals surface area contributed by atoms with Crippen molar-refractivity contribution in [2.75, 3.05) is 5.43 Å². The summed E-state index contributed by atoms with van der Waals surface area (Å²) < 4.78 is 0. The number of rotatable bonds is 5. The zero-order valence-corrected chi connectivity index (χ0v) is 14.4. The van der Waals surface area contributed by atoms with E-state index in [0.29, 0.717) is 22.1 Å². The summed E-state index contributed by atoms with van der Waals surface area (Å²) in [4.78, 5) is 14.6. The first kappa shape index (κ1) is 17.4. The molecular formula is C17H14N4O4S. The number of non-ortho nitro benzene ring substituents is 1. The first-order valence-electron chi connectivity index (χ1n) is 7.47. The minimum absolute atomic E-state index is 0.0107. The summed E-state index contributed by atoms with van der Waals surface area (Å²) in [6.45, 7) is 1.69. The minimum atomic E-state index is -0.452. The second kappa shape index (κ2) is 7.19. The molecule has 3 rings (SSSR count). The van der Waals surface area contributed by atoms with E-state index in [1.165, 1.54) is 41.7 Å². The van der Waals surface area contributed by atoms with Gasteiger partial charge in [-0.25, -0.2) is 4.98 Å². The molecule has 0 atom stereocenters. The van der Waals surface area contributed by atoms with Crippen LogP contribution < -0.4 is 5.43 Å². The van der Waals surface area contributed by atoms with Gasteiger partial charge in [-0.1, -0.05) is 0 Å². The normalized spacial score (nSPS) is 11.3. The van der Waals surface area contributed by atoms with Crippen LogP contribution in [0.1, 0.15) is 12.5 Å². The van der Waals surface area contributed by atoms with Gasteiger partial charge in [0.2, 0.25) is 5.13 Å². The topological polar surface area (TPSA) is 121 Å². The second-order valence-electron chi connectivity index (χ2n) is 5.35. The van der Waals surface area contributed by atoms with Crippen molar-refractivity contribution in [1.29, 1.82) is 0 Å². The molecule has 8 nitrogen and oxygen atoms in total. The Morgan fingerprint density at radius 2 is 1.96 bits per heavy atom. The van der Waals surface area contributed by atoms with Gasteiger partial charge in [0.15, 0.2) is 0 Å². The molecule has 0 radical (unpaired) electrons. The van der Waals surface area contributed by atoms with Gasteiger partial charge < -0.3 is 10.2 Å². The molecule has 1 aromatic heterocycles. The van der Waals surface area contributed by atoms with Crippen molar-refractivity contribution in [3.63, 3.8) is 0 Å². The quantitative estimate of drug-likeness (QED) is 0.270. The number of nitrogens with zero attached hydrogens (tertiary/aromatic N) is 3. The van der Waals surface area contributed by atoms with Crippen molar-refractivity contribution in [3.8, 4) is 22.8 Å². The van der Waals surface area contributed by atoms with Gasteiger partial charge in [0.1, 0.15) is 11.5 Å².